The predicted molar refractivity (Wildman–Crippen MR) is 84.5 cm³/mol. The maximum Gasteiger partial charge on any atom is 0.236 e. The molecule has 3 N–H and O–H groups in total. The second-order valence-corrected chi connectivity index (χ2v) is 8.12. The minimum absolute atomic E-state index is 0.0156. The molecule has 1 amide bonds. The first kappa shape index (κ1) is 15.2. The molecule has 108 valence electrons. The minimum Gasteiger partial charge on any atom is -0.374 e. The van der Waals surface area contributed by atoms with Crippen molar-refractivity contribution in [2.24, 2.45) is 0 Å². The number of nitrogens with one attached hydrogen (secondary N) is 1. The van der Waals surface area contributed by atoms with Crippen molar-refractivity contribution in [3.63, 3.8) is 0 Å². The Bertz CT molecular complexity index is 601. The largest absolute Gasteiger partial charge is 0.374 e. The molecule has 0 unspecified atom stereocenters. The van der Waals surface area contributed by atoms with E-state index < -0.39 is 0 Å². The first-order valence-electron chi connectivity index (χ1n) is 5.82. The highest BCUT2D eigenvalue weighted by atomic mass is 32.2. The van der Waals surface area contributed by atoms with Crippen molar-refractivity contribution in [1.82, 2.24) is 15.2 Å². The van der Waals surface area contributed by atoms with E-state index in [-0.39, 0.29) is 17.1 Å². The fourth-order valence-electron chi connectivity index (χ4n) is 1.24. The van der Waals surface area contributed by atoms with Gasteiger partial charge in [-0.3, -0.25) is 4.79 Å². The van der Waals surface area contributed by atoms with Crippen molar-refractivity contribution < 1.29 is 4.79 Å². The number of carbonyl (C=O) groups is 1. The lowest BCUT2D eigenvalue weighted by Gasteiger charge is -2.14. The van der Waals surface area contributed by atoms with Crippen molar-refractivity contribution >= 4 is 50.6 Å². The maximum absolute atomic E-state index is 11.8. The lowest BCUT2D eigenvalue weighted by Crippen LogP contribution is -2.15. The number of thioether (sulfide) groups is 1. The molecule has 0 aromatic carbocycles. The van der Waals surface area contributed by atoms with Crippen LogP contribution in [0.1, 0.15) is 26.5 Å². The van der Waals surface area contributed by atoms with Gasteiger partial charge in [0.2, 0.25) is 11.0 Å². The average Bonchev–Trinajstić information content (AvgIpc) is 2.95. The van der Waals surface area contributed by atoms with Crippen LogP contribution < -0.4 is 11.1 Å². The van der Waals surface area contributed by atoms with Crippen molar-refractivity contribution in [3.8, 4) is 0 Å². The Labute approximate surface area is 129 Å². The number of rotatable bonds is 4. The molecule has 0 bridgehead atoms. The third kappa shape index (κ3) is 4.15. The van der Waals surface area contributed by atoms with Gasteiger partial charge >= 0.3 is 0 Å². The molecule has 0 aliphatic rings. The van der Waals surface area contributed by atoms with Gasteiger partial charge in [-0.15, -0.1) is 21.5 Å². The Kier molecular flexibility index (Phi) is 4.61. The molecule has 0 aliphatic carbocycles. The molecule has 9 heteroatoms. The maximum atomic E-state index is 11.8. The standard InChI is InChI=1S/C11H15N5OS3/c1-11(2,3)6-4-18-9(13-6)14-7(17)5-19-10-16-15-8(12)20-10/h4H,5H2,1-3H3,(H2,12,15)(H,13,14,17). The van der Waals surface area contributed by atoms with Crippen LogP contribution in [0.2, 0.25) is 0 Å². The Morgan fingerprint density at radius 2 is 2.20 bits per heavy atom. The van der Waals surface area contributed by atoms with Gasteiger partial charge in [0.1, 0.15) is 0 Å². The van der Waals surface area contributed by atoms with Crippen molar-refractivity contribution in [3.05, 3.63) is 11.1 Å². The molecule has 2 aromatic rings. The number of hydrogen-bond donors (Lipinski definition) is 2. The first-order valence-corrected chi connectivity index (χ1v) is 8.50. The highest BCUT2D eigenvalue weighted by molar-refractivity contribution is 8.01. The van der Waals surface area contributed by atoms with Crippen LogP contribution in [0.3, 0.4) is 0 Å². The summed E-state index contributed by atoms with van der Waals surface area (Å²) < 4.78 is 0.687. The summed E-state index contributed by atoms with van der Waals surface area (Å²) in [5.74, 6) is 0.151. The molecule has 0 saturated carbocycles. The number of nitrogen functional groups attached to an aromatic ring is 1. The van der Waals surface area contributed by atoms with E-state index in [1.165, 1.54) is 34.4 Å². The van der Waals surface area contributed by atoms with Crippen LogP contribution in [0, 0.1) is 0 Å². The van der Waals surface area contributed by atoms with Crippen LogP contribution in [-0.2, 0) is 10.2 Å². The molecule has 2 rings (SSSR count). The van der Waals surface area contributed by atoms with Gasteiger partial charge < -0.3 is 11.1 Å². The zero-order chi connectivity index (χ0) is 14.8. The van der Waals surface area contributed by atoms with Crippen LogP contribution >= 0.6 is 34.4 Å². The monoisotopic (exact) mass is 329 g/mol. The molecule has 0 saturated heterocycles. The van der Waals surface area contributed by atoms with E-state index >= 15 is 0 Å². The van der Waals surface area contributed by atoms with Crippen LogP contribution in [0.25, 0.3) is 0 Å². The molecule has 0 spiro atoms. The number of nitrogens with zero attached hydrogens (tertiary/aromatic N) is 3. The fraction of sp³-hybridized carbons (Fsp3) is 0.455. The summed E-state index contributed by atoms with van der Waals surface area (Å²) in [5, 5.41) is 13.3. The molecule has 2 aromatic heterocycles. The van der Waals surface area contributed by atoms with Gasteiger partial charge in [-0.1, -0.05) is 43.9 Å². The third-order valence-corrected chi connectivity index (χ3v) is 4.91. The van der Waals surface area contributed by atoms with E-state index in [1.54, 1.807) is 0 Å². The van der Waals surface area contributed by atoms with E-state index in [2.05, 4.69) is 41.3 Å². The highest BCUT2D eigenvalue weighted by Gasteiger charge is 2.18. The number of amides is 1. The van der Waals surface area contributed by atoms with Gasteiger partial charge in [-0.2, -0.15) is 0 Å². The summed E-state index contributed by atoms with van der Waals surface area (Å²) in [6, 6.07) is 0. The Hall–Kier alpha value is -1.19. The van der Waals surface area contributed by atoms with Crippen molar-refractivity contribution in [1.29, 1.82) is 0 Å². The van der Waals surface area contributed by atoms with Gasteiger partial charge in [-0.05, 0) is 0 Å². The third-order valence-electron chi connectivity index (χ3n) is 2.27. The van der Waals surface area contributed by atoms with E-state index in [0.29, 0.717) is 14.6 Å². The smallest absolute Gasteiger partial charge is 0.236 e. The molecule has 6 nitrogen and oxygen atoms in total. The van der Waals surface area contributed by atoms with Crippen molar-refractivity contribution in [2.75, 3.05) is 16.8 Å². The molecule has 0 fully saturated rings. The lowest BCUT2D eigenvalue weighted by atomic mass is 9.93. The number of aromatic nitrogens is 3. The van der Waals surface area contributed by atoms with E-state index in [1.807, 2.05) is 5.38 Å². The van der Waals surface area contributed by atoms with E-state index in [9.17, 15) is 4.79 Å². The van der Waals surface area contributed by atoms with Crippen LogP contribution in [0.4, 0.5) is 10.3 Å². The van der Waals surface area contributed by atoms with Crippen LogP contribution in [-0.4, -0.2) is 26.8 Å². The minimum atomic E-state index is -0.112. The Morgan fingerprint density at radius 1 is 1.45 bits per heavy atom. The number of anilines is 2. The quantitative estimate of drug-likeness (QED) is 0.837. The highest BCUT2D eigenvalue weighted by Crippen LogP contribution is 2.27. The molecule has 0 radical (unpaired) electrons. The predicted octanol–water partition coefficient (Wildman–Crippen LogP) is 2.61. The molecular formula is C11H15N5OS3. The molecule has 0 aliphatic heterocycles. The van der Waals surface area contributed by atoms with Gasteiger partial charge in [-0.25, -0.2) is 4.98 Å². The zero-order valence-electron chi connectivity index (χ0n) is 11.3. The summed E-state index contributed by atoms with van der Waals surface area (Å²) in [7, 11) is 0. The van der Waals surface area contributed by atoms with Gasteiger partial charge in [0.15, 0.2) is 9.47 Å². The lowest BCUT2D eigenvalue weighted by molar-refractivity contribution is -0.113. The SMILES string of the molecule is CC(C)(C)c1csc(NC(=O)CSc2nnc(N)s2)n1. The molecular weight excluding hydrogens is 314 g/mol. The normalized spacial score (nSPS) is 11.6. The number of thiazole rings is 1. The van der Waals surface area contributed by atoms with Crippen LogP contribution in [0.15, 0.2) is 9.72 Å². The van der Waals surface area contributed by atoms with Gasteiger partial charge in [0.25, 0.3) is 0 Å². The summed E-state index contributed by atoms with van der Waals surface area (Å²) in [6.45, 7) is 6.26. The number of nitrogens with two attached hydrogens (primary N) is 1. The zero-order valence-corrected chi connectivity index (χ0v) is 13.8. The Morgan fingerprint density at radius 3 is 2.75 bits per heavy atom. The fourth-order valence-corrected chi connectivity index (χ4v) is 3.63. The molecule has 0 atom stereocenters. The molecule has 20 heavy (non-hydrogen) atoms. The number of hydrogen-bond acceptors (Lipinski definition) is 8. The summed E-state index contributed by atoms with van der Waals surface area (Å²) in [4.78, 5) is 16.2. The topological polar surface area (TPSA) is 93.8 Å². The van der Waals surface area contributed by atoms with Gasteiger partial charge in [0.05, 0.1) is 11.4 Å². The Balaban J connectivity index is 1.87. The second-order valence-electron chi connectivity index (χ2n) is 5.03. The summed E-state index contributed by atoms with van der Waals surface area (Å²) in [5.41, 5.74) is 6.43. The van der Waals surface area contributed by atoms with E-state index in [4.69, 9.17) is 5.73 Å². The van der Waals surface area contributed by atoms with Crippen molar-refractivity contribution in [2.45, 2.75) is 30.5 Å². The number of carbonyl (C=O) groups excluding carboxylic acids is 1. The van der Waals surface area contributed by atoms with Crippen LogP contribution in [0.5, 0.6) is 0 Å². The summed E-state index contributed by atoms with van der Waals surface area (Å²) in [6.07, 6.45) is 0. The van der Waals surface area contributed by atoms with Gasteiger partial charge in [0, 0.05) is 10.8 Å². The van der Waals surface area contributed by atoms with E-state index in [0.717, 1.165) is 5.69 Å². The second kappa shape index (κ2) is 6.06. The first-order chi connectivity index (χ1) is 9.34. The molecule has 2 heterocycles. The summed E-state index contributed by atoms with van der Waals surface area (Å²) >= 11 is 4.01. The average molecular weight is 329 g/mol.